The highest BCUT2D eigenvalue weighted by Crippen LogP contribution is 2.43. The molecule has 0 aliphatic rings. The van der Waals surface area contributed by atoms with Crippen LogP contribution in [0.5, 0.6) is 5.75 Å². The maximum atomic E-state index is 12.6. The summed E-state index contributed by atoms with van der Waals surface area (Å²) in [6.45, 7) is 1.41. The summed E-state index contributed by atoms with van der Waals surface area (Å²) in [6.07, 6.45) is -1.14. The van der Waals surface area contributed by atoms with Crippen LogP contribution in [0.3, 0.4) is 0 Å². The minimum Gasteiger partial charge on any atom is -0.495 e. The summed E-state index contributed by atoms with van der Waals surface area (Å²) in [5, 5.41) is 4.29. The smallest absolute Gasteiger partial charge is 0.350 e. The van der Waals surface area contributed by atoms with Crippen LogP contribution in [0.2, 0.25) is 25.1 Å². The van der Waals surface area contributed by atoms with Crippen LogP contribution >= 0.6 is 69.3 Å². The zero-order chi connectivity index (χ0) is 22.2. The van der Waals surface area contributed by atoms with Crippen molar-refractivity contribution < 1.29 is 19.1 Å². The van der Waals surface area contributed by atoms with E-state index in [1.807, 2.05) is 0 Å². The fraction of sp³-hybridized carbons (Fsp3) is 0.158. The van der Waals surface area contributed by atoms with Gasteiger partial charge < -0.3 is 14.8 Å². The Bertz CT molecular complexity index is 1160. The van der Waals surface area contributed by atoms with E-state index in [4.69, 9.17) is 67.5 Å². The Balaban J connectivity index is 1.78. The fourth-order valence-electron chi connectivity index (χ4n) is 2.49. The van der Waals surface area contributed by atoms with Crippen LogP contribution in [0.4, 0.5) is 5.69 Å². The minimum atomic E-state index is -1.14. The normalized spacial score (nSPS) is 12.0. The molecule has 11 heteroatoms. The lowest BCUT2D eigenvalue weighted by atomic mass is 10.2. The number of hydrogen-bond donors (Lipinski definition) is 1. The third-order valence-corrected chi connectivity index (χ3v) is 7.26. The topological polar surface area (TPSA) is 64.6 Å². The van der Waals surface area contributed by atoms with Gasteiger partial charge >= 0.3 is 5.97 Å². The van der Waals surface area contributed by atoms with Gasteiger partial charge in [0.25, 0.3) is 5.91 Å². The molecule has 1 atom stereocenters. The highest BCUT2D eigenvalue weighted by Gasteiger charge is 2.25. The number of rotatable bonds is 5. The van der Waals surface area contributed by atoms with Gasteiger partial charge in [-0.25, -0.2) is 4.79 Å². The number of amides is 1. The average Bonchev–Trinajstić information content (AvgIpc) is 3.04. The lowest BCUT2D eigenvalue weighted by Gasteiger charge is -2.14. The SMILES string of the molecule is COc1ccc2c(Cl)c(C(=O)O[C@H](C)C(=O)Nc3cc(Cl)c(Cl)cc3Cl)sc2c1Cl. The zero-order valence-corrected chi connectivity index (χ0v) is 19.9. The van der Waals surface area contributed by atoms with E-state index < -0.39 is 18.0 Å². The molecule has 0 saturated carbocycles. The predicted octanol–water partition coefficient (Wildman–Crippen LogP) is 7.36. The van der Waals surface area contributed by atoms with E-state index in [0.29, 0.717) is 20.9 Å². The summed E-state index contributed by atoms with van der Waals surface area (Å²) in [7, 11) is 1.48. The number of thiophene rings is 1. The zero-order valence-electron chi connectivity index (χ0n) is 15.3. The number of fused-ring (bicyclic) bond motifs is 1. The molecule has 3 rings (SSSR count). The number of esters is 1. The highest BCUT2D eigenvalue weighted by molar-refractivity contribution is 7.22. The molecule has 5 nitrogen and oxygen atoms in total. The van der Waals surface area contributed by atoms with Crippen molar-refractivity contribution in [3.05, 3.63) is 54.3 Å². The Hall–Kier alpha value is -1.41. The molecular weight excluding hydrogens is 516 g/mol. The van der Waals surface area contributed by atoms with Crippen LogP contribution in [0.25, 0.3) is 10.1 Å². The first-order valence-corrected chi connectivity index (χ1v) is 11.0. The Labute approximate surface area is 200 Å². The molecule has 3 aromatic rings. The van der Waals surface area contributed by atoms with Crippen LogP contribution in [0.1, 0.15) is 16.6 Å². The van der Waals surface area contributed by atoms with Gasteiger partial charge in [-0.05, 0) is 31.2 Å². The number of carbonyl (C=O) groups excluding carboxylic acids is 2. The molecule has 0 saturated heterocycles. The third-order valence-electron chi connectivity index (χ3n) is 4.03. The maximum absolute atomic E-state index is 12.6. The molecule has 0 fully saturated rings. The molecule has 0 radical (unpaired) electrons. The van der Waals surface area contributed by atoms with Gasteiger partial charge in [-0.2, -0.15) is 0 Å². The largest absolute Gasteiger partial charge is 0.495 e. The summed E-state index contributed by atoms with van der Waals surface area (Å²) in [5.74, 6) is -0.923. The van der Waals surface area contributed by atoms with Gasteiger partial charge in [0, 0.05) is 5.39 Å². The number of nitrogens with one attached hydrogen (secondary N) is 1. The van der Waals surface area contributed by atoms with Gasteiger partial charge in [0.05, 0.1) is 37.6 Å². The monoisotopic (exact) mass is 525 g/mol. The van der Waals surface area contributed by atoms with Crippen molar-refractivity contribution in [3.8, 4) is 5.75 Å². The first-order chi connectivity index (χ1) is 14.1. The van der Waals surface area contributed by atoms with E-state index >= 15 is 0 Å². The summed E-state index contributed by atoms with van der Waals surface area (Å²) in [5.41, 5.74) is 0.234. The average molecular weight is 528 g/mol. The number of hydrogen-bond acceptors (Lipinski definition) is 5. The van der Waals surface area contributed by atoms with Gasteiger partial charge in [-0.1, -0.05) is 58.0 Å². The van der Waals surface area contributed by atoms with Crippen molar-refractivity contribution in [1.82, 2.24) is 0 Å². The lowest BCUT2D eigenvalue weighted by molar-refractivity contribution is -0.123. The maximum Gasteiger partial charge on any atom is 0.350 e. The van der Waals surface area contributed by atoms with Crippen LogP contribution < -0.4 is 10.1 Å². The standard InChI is InChI=1S/C19H12Cl5NO4S/c1-7(18(26)25-12-6-10(21)9(20)5-11(12)22)29-19(27)17-14(23)8-3-4-13(28-2)15(24)16(8)30-17/h3-7H,1-2H3,(H,25,26)/t7-/m1/s1. The fourth-order valence-corrected chi connectivity index (χ4v) is 4.85. The number of anilines is 1. The Morgan fingerprint density at radius 2 is 1.67 bits per heavy atom. The molecule has 0 unspecified atom stereocenters. The van der Waals surface area contributed by atoms with Gasteiger partial charge in [0.15, 0.2) is 6.10 Å². The molecule has 0 aliphatic carbocycles. The molecule has 1 heterocycles. The number of methoxy groups -OCH3 is 1. The second-order valence-corrected chi connectivity index (χ2v) is 8.98. The van der Waals surface area contributed by atoms with Crippen LogP contribution in [-0.2, 0) is 9.53 Å². The van der Waals surface area contributed by atoms with Gasteiger partial charge in [0.1, 0.15) is 15.6 Å². The highest BCUT2D eigenvalue weighted by atomic mass is 35.5. The predicted molar refractivity (Wildman–Crippen MR) is 123 cm³/mol. The lowest BCUT2D eigenvalue weighted by Crippen LogP contribution is -2.30. The van der Waals surface area contributed by atoms with Crippen molar-refractivity contribution in [1.29, 1.82) is 0 Å². The van der Waals surface area contributed by atoms with E-state index in [1.54, 1.807) is 12.1 Å². The minimum absolute atomic E-state index is 0.119. The van der Waals surface area contributed by atoms with Gasteiger partial charge in [0.2, 0.25) is 0 Å². The summed E-state index contributed by atoms with van der Waals surface area (Å²) < 4.78 is 11.0. The van der Waals surface area contributed by atoms with Gasteiger partial charge in [-0.15, -0.1) is 11.3 Å². The molecular formula is C19H12Cl5NO4S. The summed E-state index contributed by atoms with van der Waals surface area (Å²) in [6, 6.07) is 6.14. The molecule has 2 aromatic carbocycles. The first kappa shape index (κ1) is 23.3. The molecule has 1 amide bonds. The Kier molecular flexibility index (Phi) is 7.28. The van der Waals surface area contributed by atoms with Crippen molar-refractivity contribution in [2.24, 2.45) is 0 Å². The van der Waals surface area contributed by atoms with E-state index in [1.165, 1.54) is 26.2 Å². The summed E-state index contributed by atoms with van der Waals surface area (Å²) in [4.78, 5) is 25.2. The summed E-state index contributed by atoms with van der Waals surface area (Å²) >= 11 is 31.5. The number of carbonyl (C=O) groups is 2. The third kappa shape index (κ3) is 4.59. The molecule has 1 N–H and O–H groups in total. The molecule has 0 spiro atoms. The number of ether oxygens (including phenoxy) is 2. The second-order valence-electron chi connectivity index (χ2n) is 5.99. The molecule has 0 aliphatic heterocycles. The van der Waals surface area contributed by atoms with Crippen LogP contribution in [0, 0.1) is 0 Å². The molecule has 158 valence electrons. The van der Waals surface area contributed by atoms with E-state index in [2.05, 4.69) is 5.32 Å². The van der Waals surface area contributed by atoms with Crippen molar-refractivity contribution >= 4 is 97.0 Å². The molecule has 0 bridgehead atoms. The Morgan fingerprint density at radius 1 is 1.00 bits per heavy atom. The molecule has 30 heavy (non-hydrogen) atoms. The number of halogens is 5. The van der Waals surface area contributed by atoms with E-state index in [9.17, 15) is 9.59 Å². The first-order valence-electron chi connectivity index (χ1n) is 8.25. The second kappa shape index (κ2) is 9.39. The van der Waals surface area contributed by atoms with Crippen molar-refractivity contribution in [2.45, 2.75) is 13.0 Å². The van der Waals surface area contributed by atoms with Crippen LogP contribution in [0.15, 0.2) is 24.3 Å². The quantitative estimate of drug-likeness (QED) is 0.278. The molecule has 1 aromatic heterocycles. The van der Waals surface area contributed by atoms with Crippen molar-refractivity contribution in [2.75, 3.05) is 12.4 Å². The van der Waals surface area contributed by atoms with E-state index in [0.717, 1.165) is 11.3 Å². The Morgan fingerprint density at radius 3 is 2.33 bits per heavy atom. The van der Waals surface area contributed by atoms with Crippen molar-refractivity contribution in [3.63, 3.8) is 0 Å². The van der Waals surface area contributed by atoms with Crippen LogP contribution in [-0.4, -0.2) is 25.1 Å². The number of benzene rings is 2. The van der Waals surface area contributed by atoms with E-state index in [-0.39, 0.29) is 30.7 Å². The van der Waals surface area contributed by atoms with Gasteiger partial charge in [-0.3, -0.25) is 4.79 Å².